The summed E-state index contributed by atoms with van der Waals surface area (Å²) in [6, 6.07) is 0.512. The predicted octanol–water partition coefficient (Wildman–Crippen LogP) is 0.920. The monoisotopic (exact) mass is 139 g/mol. The molecule has 0 bridgehead atoms. The predicted molar refractivity (Wildman–Crippen MR) is 42.8 cm³/mol. The maximum atomic E-state index is 7.23. The summed E-state index contributed by atoms with van der Waals surface area (Å²) in [5.41, 5.74) is 7.23. The first-order valence-corrected chi connectivity index (χ1v) is 3.88. The molecule has 1 N–H and O–H groups in total. The van der Waals surface area contributed by atoms with Crippen LogP contribution in [0.5, 0.6) is 0 Å². The van der Waals surface area contributed by atoms with E-state index in [1.54, 1.807) is 0 Å². The zero-order valence-corrected chi connectivity index (χ0v) is 6.34. The molecule has 10 heavy (non-hydrogen) atoms. The van der Waals surface area contributed by atoms with Gasteiger partial charge in [0.05, 0.1) is 0 Å². The van der Waals surface area contributed by atoms with Gasteiger partial charge >= 0.3 is 0 Å². The fraction of sp³-hybridized carbons (Fsp3) is 0.750. The Hall–Kier alpha value is -0.340. The largest absolute Gasteiger partial charge is 0.295 e. The van der Waals surface area contributed by atoms with Gasteiger partial charge in [0.25, 0.3) is 0 Å². The molecule has 1 unspecified atom stereocenters. The third-order valence-electron chi connectivity index (χ3n) is 2.10. The average molecular weight is 139 g/mol. The smallest absolute Gasteiger partial charge is 0.0256 e. The molecule has 1 rings (SSSR count). The van der Waals surface area contributed by atoms with Crippen molar-refractivity contribution in [1.82, 2.24) is 10.6 Å². The normalized spacial score (nSPS) is 27.1. The Labute approximate surface area is 62.7 Å². The van der Waals surface area contributed by atoms with Crippen molar-refractivity contribution < 1.29 is 0 Å². The van der Waals surface area contributed by atoms with Crippen molar-refractivity contribution in [1.29, 1.82) is 0 Å². The van der Waals surface area contributed by atoms with Crippen LogP contribution in [0.4, 0.5) is 0 Å². The summed E-state index contributed by atoms with van der Waals surface area (Å²) in [6.45, 7) is 6.36. The molecule has 1 atom stereocenters. The van der Waals surface area contributed by atoms with Gasteiger partial charge in [-0.15, -0.1) is 6.58 Å². The van der Waals surface area contributed by atoms with Crippen LogP contribution in [0.3, 0.4) is 0 Å². The van der Waals surface area contributed by atoms with E-state index in [0.717, 1.165) is 13.1 Å². The Morgan fingerprint density at radius 3 is 3.10 bits per heavy atom. The average Bonchev–Trinajstić information content (AvgIpc) is 2.36. The van der Waals surface area contributed by atoms with Gasteiger partial charge in [-0.3, -0.25) is 10.6 Å². The Kier molecular flexibility index (Phi) is 2.90. The Morgan fingerprint density at radius 1 is 1.70 bits per heavy atom. The first-order valence-electron chi connectivity index (χ1n) is 3.88. The highest BCUT2D eigenvalue weighted by atomic mass is 15.2. The fourth-order valence-electron chi connectivity index (χ4n) is 1.53. The zero-order chi connectivity index (χ0) is 7.40. The van der Waals surface area contributed by atoms with Crippen LogP contribution >= 0.6 is 0 Å². The molecule has 1 aliphatic heterocycles. The highest BCUT2D eigenvalue weighted by Crippen LogP contribution is 2.15. The van der Waals surface area contributed by atoms with Crippen molar-refractivity contribution >= 4 is 0 Å². The Morgan fingerprint density at radius 2 is 2.50 bits per heavy atom. The van der Waals surface area contributed by atoms with Gasteiger partial charge in [0.1, 0.15) is 0 Å². The van der Waals surface area contributed by atoms with E-state index in [1.807, 2.05) is 6.08 Å². The van der Waals surface area contributed by atoms with Gasteiger partial charge in [-0.1, -0.05) is 6.08 Å². The lowest BCUT2D eigenvalue weighted by Crippen LogP contribution is -2.32. The molecule has 0 spiro atoms. The highest BCUT2D eigenvalue weighted by molar-refractivity contribution is 4.84. The van der Waals surface area contributed by atoms with Crippen LogP contribution in [0.2, 0.25) is 0 Å². The van der Waals surface area contributed by atoms with Gasteiger partial charge in [-0.25, -0.2) is 0 Å². The van der Waals surface area contributed by atoms with E-state index in [-0.39, 0.29) is 0 Å². The van der Waals surface area contributed by atoms with Gasteiger partial charge in [0, 0.05) is 19.1 Å². The Balaban J connectivity index is 2.34. The minimum Gasteiger partial charge on any atom is -0.295 e. The standard InChI is InChI=1S/C8H15N2/c1-2-5-10-6-3-4-8(10)7-9/h2,8-9H,1,3-7H2. The second-order valence-electron chi connectivity index (χ2n) is 2.78. The molecule has 1 aliphatic rings. The van der Waals surface area contributed by atoms with Gasteiger partial charge in [0.15, 0.2) is 0 Å². The molecule has 1 saturated heterocycles. The van der Waals surface area contributed by atoms with Crippen LogP contribution in [-0.4, -0.2) is 30.6 Å². The lowest BCUT2D eigenvalue weighted by molar-refractivity contribution is 0.284. The second-order valence-corrected chi connectivity index (χ2v) is 2.78. The fourth-order valence-corrected chi connectivity index (χ4v) is 1.53. The summed E-state index contributed by atoms with van der Waals surface area (Å²) >= 11 is 0. The summed E-state index contributed by atoms with van der Waals surface area (Å²) < 4.78 is 0. The van der Waals surface area contributed by atoms with Crippen molar-refractivity contribution in [2.24, 2.45) is 0 Å². The molecular weight excluding hydrogens is 124 g/mol. The molecule has 0 aromatic carbocycles. The van der Waals surface area contributed by atoms with E-state index < -0.39 is 0 Å². The molecule has 1 radical (unpaired) electrons. The second kappa shape index (κ2) is 3.74. The van der Waals surface area contributed by atoms with Gasteiger partial charge in [-0.05, 0) is 19.4 Å². The molecule has 2 nitrogen and oxygen atoms in total. The maximum Gasteiger partial charge on any atom is 0.0256 e. The zero-order valence-electron chi connectivity index (χ0n) is 6.34. The lowest BCUT2D eigenvalue weighted by atomic mass is 10.2. The van der Waals surface area contributed by atoms with Crippen LogP contribution in [0.25, 0.3) is 0 Å². The minimum absolute atomic E-state index is 0.512. The molecule has 0 aliphatic carbocycles. The molecule has 0 saturated carbocycles. The SMILES string of the molecule is C=CCN1CCCC1C[NH]. The van der Waals surface area contributed by atoms with Crippen molar-refractivity contribution in [2.45, 2.75) is 18.9 Å². The number of rotatable bonds is 3. The van der Waals surface area contributed by atoms with E-state index in [2.05, 4.69) is 11.5 Å². The van der Waals surface area contributed by atoms with E-state index in [4.69, 9.17) is 5.73 Å². The summed E-state index contributed by atoms with van der Waals surface area (Å²) in [4.78, 5) is 2.33. The molecule has 1 fully saturated rings. The summed E-state index contributed by atoms with van der Waals surface area (Å²) in [7, 11) is 0. The lowest BCUT2D eigenvalue weighted by Gasteiger charge is -2.20. The molecule has 0 amide bonds. The van der Waals surface area contributed by atoms with Crippen molar-refractivity contribution in [3.63, 3.8) is 0 Å². The number of nitrogens with zero attached hydrogens (tertiary/aromatic N) is 1. The summed E-state index contributed by atoms with van der Waals surface area (Å²) in [5.74, 6) is 0. The van der Waals surface area contributed by atoms with Crippen molar-refractivity contribution in [3.05, 3.63) is 12.7 Å². The van der Waals surface area contributed by atoms with Crippen LogP contribution in [-0.2, 0) is 0 Å². The molecular formula is C8H15N2. The minimum atomic E-state index is 0.512. The van der Waals surface area contributed by atoms with Gasteiger partial charge < -0.3 is 0 Å². The third kappa shape index (κ3) is 1.58. The quantitative estimate of drug-likeness (QED) is 0.534. The number of nitrogens with one attached hydrogen (secondary N) is 1. The highest BCUT2D eigenvalue weighted by Gasteiger charge is 2.21. The van der Waals surface area contributed by atoms with Crippen LogP contribution in [0, 0.1) is 0 Å². The summed E-state index contributed by atoms with van der Waals surface area (Å²) in [6.07, 6.45) is 4.39. The molecule has 57 valence electrons. The molecule has 0 aromatic rings. The van der Waals surface area contributed by atoms with Gasteiger partial charge in [-0.2, -0.15) is 0 Å². The number of hydrogen-bond donors (Lipinski definition) is 0. The van der Waals surface area contributed by atoms with Crippen molar-refractivity contribution in [2.75, 3.05) is 19.6 Å². The molecule has 0 aromatic heterocycles. The van der Waals surface area contributed by atoms with E-state index in [1.165, 1.54) is 12.8 Å². The van der Waals surface area contributed by atoms with E-state index in [9.17, 15) is 0 Å². The first kappa shape index (κ1) is 7.76. The van der Waals surface area contributed by atoms with Gasteiger partial charge in [0.2, 0.25) is 0 Å². The third-order valence-corrected chi connectivity index (χ3v) is 2.10. The van der Waals surface area contributed by atoms with E-state index in [0.29, 0.717) is 12.6 Å². The summed E-state index contributed by atoms with van der Waals surface area (Å²) in [5, 5.41) is 0. The van der Waals surface area contributed by atoms with Crippen LogP contribution in [0.15, 0.2) is 12.7 Å². The number of hydrogen-bond acceptors (Lipinski definition) is 1. The van der Waals surface area contributed by atoms with Crippen molar-refractivity contribution in [3.8, 4) is 0 Å². The first-order chi connectivity index (χ1) is 4.88. The van der Waals surface area contributed by atoms with Crippen LogP contribution in [0.1, 0.15) is 12.8 Å². The topological polar surface area (TPSA) is 27.0 Å². The molecule has 2 heteroatoms. The number of likely N-dealkylation sites (tertiary alicyclic amines) is 1. The van der Waals surface area contributed by atoms with Crippen LogP contribution < -0.4 is 5.73 Å². The Bertz CT molecular complexity index is 112. The van der Waals surface area contributed by atoms with E-state index >= 15 is 0 Å². The maximum absolute atomic E-state index is 7.23. The molecule has 1 heterocycles.